The molecule has 90 valence electrons. The van der Waals surface area contributed by atoms with E-state index >= 15 is 0 Å². The summed E-state index contributed by atoms with van der Waals surface area (Å²) in [5.41, 5.74) is -0.974. The zero-order valence-corrected chi connectivity index (χ0v) is 9.03. The first kappa shape index (κ1) is 10.4. The number of halogens is 1. The molecule has 0 saturated heterocycles. The molecule has 1 N–H and O–H groups in total. The number of fused-ring (bicyclic) bond motifs is 1. The average Bonchev–Trinajstić information content (AvgIpc) is 3.10. The highest BCUT2D eigenvalue weighted by Gasteiger charge is 2.55. The standard InChI is InChI=1S/C12H11FO4/c13-7-1-2-8-10(17-6-5-16-8)9(7)12(3-4-12)11(14)15/h1-2H,3-6H2,(H,14,15). The topological polar surface area (TPSA) is 55.8 Å². The summed E-state index contributed by atoms with van der Waals surface area (Å²) in [6.07, 6.45) is 0.887. The molecule has 1 saturated carbocycles. The second-order valence-electron chi connectivity index (χ2n) is 4.33. The fourth-order valence-corrected chi connectivity index (χ4v) is 2.23. The second-order valence-corrected chi connectivity index (χ2v) is 4.33. The van der Waals surface area contributed by atoms with Crippen molar-refractivity contribution in [2.24, 2.45) is 0 Å². The molecule has 2 aliphatic rings. The second kappa shape index (κ2) is 3.35. The fraction of sp³-hybridized carbons (Fsp3) is 0.417. The van der Waals surface area contributed by atoms with Crippen LogP contribution in [0.25, 0.3) is 0 Å². The monoisotopic (exact) mass is 238 g/mol. The molecular formula is C12H11FO4. The lowest BCUT2D eigenvalue weighted by Gasteiger charge is -2.23. The molecule has 1 fully saturated rings. The van der Waals surface area contributed by atoms with Gasteiger partial charge < -0.3 is 14.6 Å². The van der Waals surface area contributed by atoms with Gasteiger partial charge >= 0.3 is 5.97 Å². The maximum atomic E-state index is 13.9. The predicted molar refractivity (Wildman–Crippen MR) is 55.9 cm³/mol. The third-order valence-electron chi connectivity index (χ3n) is 3.30. The Bertz CT molecular complexity index is 494. The van der Waals surface area contributed by atoms with E-state index in [-0.39, 0.29) is 11.3 Å². The Balaban J connectivity index is 2.18. The molecular weight excluding hydrogens is 227 g/mol. The van der Waals surface area contributed by atoms with E-state index in [1.165, 1.54) is 12.1 Å². The highest BCUT2D eigenvalue weighted by Crippen LogP contribution is 2.54. The zero-order chi connectivity index (χ0) is 12.0. The van der Waals surface area contributed by atoms with Crippen molar-refractivity contribution >= 4 is 5.97 Å². The van der Waals surface area contributed by atoms with Crippen LogP contribution in [0.2, 0.25) is 0 Å². The number of hydrogen-bond acceptors (Lipinski definition) is 3. The number of carboxylic acid groups (broad SMARTS) is 1. The average molecular weight is 238 g/mol. The molecule has 0 aromatic heterocycles. The van der Waals surface area contributed by atoms with Crippen LogP contribution in [-0.2, 0) is 10.2 Å². The number of hydrogen-bond donors (Lipinski definition) is 1. The van der Waals surface area contributed by atoms with Crippen LogP contribution in [0.3, 0.4) is 0 Å². The number of rotatable bonds is 2. The highest BCUT2D eigenvalue weighted by atomic mass is 19.1. The van der Waals surface area contributed by atoms with E-state index in [1.54, 1.807) is 0 Å². The van der Waals surface area contributed by atoms with E-state index in [0.29, 0.717) is 31.8 Å². The Morgan fingerprint density at radius 3 is 2.65 bits per heavy atom. The maximum absolute atomic E-state index is 13.9. The normalized spacial score (nSPS) is 19.8. The van der Waals surface area contributed by atoms with Gasteiger partial charge in [-0.3, -0.25) is 4.79 Å². The van der Waals surface area contributed by atoms with Crippen molar-refractivity contribution in [3.63, 3.8) is 0 Å². The first-order valence-electron chi connectivity index (χ1n) is 5.47. The summed E-state index contributed by atoms with van der Waals surface area (Å²) in [5.74, 6) is -0.843. The minimum atomic E-state index is -1.11. The number of ether oxygens (including phenoxy) is 2. The third kappa shape index (κ3) is 1.38. The third-order valence-corrected chi connectivity index (χ3v) is 3.30. The van der Waals surface area contributed by atoms with Gasteiger partial charge in [-0.1, -0.05) is 0 Å². The Labute approximate surface area is 97.0 Å². The fourth-order valence-electron chi connectivity index (χ4n) is 2.23. The molecule has 5 heteroatoms. The van der Waals surface area contributed by atoms with Crippen molar-refractivity contribution in [2.45, 2.75) is 18.3 Å². The van der Waals surface area contributed by atoms with Crippen LogP contribution in [0.15, 0.2) is 12.1 Å². The van der Waals surface area contributed by atoms with Crippen LogP contribution < -0.4 is 9.47 Å². The van der Waals surface area contributed by atoms with Gasteiger partial charge in [0.2, 0.25) is 0 Å². The van der Waals surface area contributed by atoms with Crippen LogP contribution in [0, 0.1) is 5.82 Å². The van der Waals surface area contributed by atoms with Gasteiger partial charge in [0, 0.05) is 0 Å². The van der Waals surface area contributed by atoms with Crippen molar-refractivity contribution in [3.8, 4) is 11.5 Å². The summed E-state index contributed by atoms with van der Waals surface area (Å²) >= 11 is 0. The maximum Gasteiger partial charge on any atom is 0.314 e. The SMILES string of the molecule is O=C(O)C1(c2c(F)ccc3c2OCCO3)CC1. The largest absolute Gasteiger partial charge is 0.486 e. The lowest BCUT2D eigenvalue weighted by Crippen LogP contribution is -2.25. The molecule has 0 unspecified atom stereocenters. The van der Waals surface area contributed by atoms with Crippen LogP contribution in [0.1, 0.15) is 18.4 Å². The molecule has 0 spiro atoms. The van der Waals surface area contributed by atoms with Crippen LogP contribution in [0.5, 0.6) is 11.5 Å². The van der Waals surface area contributed by atoms with E-state index in [2.05, 4.69) is 0 Å². The summed E-state index contributed by atoms with van der Waals surface area (Å²) in [5, 5.41) is 9.22. The van der Waals surface area contributed by atoms with Gasteiger partial charge in [-0.2, -0.15) is 0 Å². The predicted octanol–water partition coefficient (Wildman–Crippen LogP) is 1.71. The van der Waals surface area contributed by atoms with Crippen LogP contribution in [0.4, 0.5) is 4.39 Å². The van der Waals surface area contributed by atoms with E-state index in [4.69, 9.17) is 9.47 Å². The summed E-state index contributed by atoms with van der Waals surface area (Å²) in [6, 6.07) is 2.72. The van der Waals surface area contributed by atoms with Gasteiger partial charge in [0.25, 0.3) is 0 Å². The van der Waals surface area contributed by atoms with Gasteiger partial charge in [0.15, 0.2) is 11.5 Å². The van der Waals surface area contributed by atoms with Gasteiger partial charge in [0.05, 0.1) is 11.0 Å². The smallest absolute Gasteiger partial charge is 0.314 e. The molecule has 0 radical (unpaired) electrons. The Kier molecular flexibility index (Phi) is 2.05. The highest BCUT2D eigenvalue weighted by molar-refractivity contribution is 5.86. The Morgan fingerprint density at radius 1 is 1.29 bits per heavy atom. The van der Waals surface area contributed by atoms with Gasteiger partial charge in [-0.05, 0) is 25.0 Å². The molecule has 0 bridgehead atoms. The molecule has 1 aliphatic carbocycles. The summed E-state index contributed by atoms with van der Waals surface area (Å²) < 4.78 is 24.6. The molecule has 17 heavy (non-hydrogen) atoms. The number of benzene rings is 1. The molecule has 1 aliphatic heterocycles. The first-order valence-corrected chi connectivity index (χ1v) is 5.47. The molecule has 0 amide bonds. The van der Waals surface area contributed by atoms with Crippen molar-refractivity contribution < 1.29 is 23.8 Å². The van der Waals surface area contributed by atoms with E-state index in [1.807, 2.05) is 0 Å². The molecule has 1 heterocycles. The van der Waals surface area contributed by atoms with Crippen LogP contribution in [-0.4, -0.2) is 24.3 Å². The Morgan fingerprint density at radius 2 is 2.00 bits per heavy atom. The Hall–Kier alpha value is -1.78. The molecule has 1 aromatic carbocycles. The minimum Gasteiger partial charge on any atom is -0.486 e. The van der Waals surface area contributed by atoms with Crippen LogP contribution >= 0.6 is 0 Å². The lowest BCUT2D eigenvalue weighted by molar-refractivity contribution is -0.140. The zero-order valence-electron chi connectivity index (χ0n) is 9.03. The van der Waals surface area contributed by atoms with Gasteiger partial charge in [0.1, 0.15) is 19.0 Å². The van der Waals surface area contributed by atoms with E-state index in [0.717, 1.165) is 0 Å². The molecule has 3 rings (SSSR count). The summed E-state index contributed by atoms with van der Waals surface area (Å²) in [6.45, 7) is 0.720. The van der Waals surface area contributed by atoms with E-state index < -0.39 is 17.2 Å². The van der Waals surface area contributed by atoms with Crippen molar-refractivity contribution in [3.05, 3.63) is 23.5 Å². The van der Waals surface area contributed by atoms with Crippen molar-refractivity contribution in [1.82, 2.24) is 0 Å². The van der Waals surface area contributed by atoms with E-state index in [9.17, 15) is 14.3 Å². The number of aliphatic carboxylic acids is 1. The van der Waals surface area contributed by atoms with Crippen molar-refractivity contribution in [2.75, 3.05) is 13.2 Å². The molecule has 4 nitrogen and oxygen atoms in total. The molecule has 0 atom stereocenters. The van der Waals surface area contributed by atoms with Gasteiger partial charge in [-0.25, -0.2) is 4.39 Å². The molecule has 1 aromatic rings. The van der Waals surface area contributed by atoms with Gasteiger partial charge in [-0.15, -0.1) is 0 Å². The lowest BCUT2D eigenvalue weighted by atomic mass is 9.94. The first-order chi connectivity index (χ1) is 8.15. The minimum absolute atomic E-state index is 0.141. The summed E-state index contributed by atoms with van der Waals surface area (Å²) in [4.78, 5) is 11.3. The number of carbonyl (C=O) groups is 1. The summed E-state index contributed by atoms with van der Waals surface area (Å²) in [7, 11) is 0. The number of carboxylic acids is 1. The van der Waals surface area contributed by atoms with Crippen molar-refractivity contribution in [1.29, 1.82) is 0 Å². The quantitative estimate of drug-likeness (QED) is 0.852.